The lowest BCUT2D eigenvalue weighted by Crippen LogP contribution is -2.41. The molecule has 6 nitrogen and oxygen atoms in total. The van der Waals surface area contributed by atoms with Crippen molar-refractivity contribution in [2.45, 2.75) is 25.8 Å². The normalized spacial score (nSPS) is 17.0. The van der Waals surface area contributed by atoms with Crippen LogP contribution in [0.3, 0.4) is 0 Å². The van der Waals surface area contributed by atoms with Crippen LogP contribution in [0.5, 0.6) is 0 Å². The van der Waals surface area contributed by atoms with E-state index >= 15 is 0 Å². The van der Waals surface area contributed by atoms with E-state index in [0.717, 1.165) is 11.1 Å². The molecule has 1 atom stereocenters. The molecule has 1 aromatic rings. The van der Waals surface area contributed by atoms with E-state index in [2.05, 4.69) is 5.32 Å². The molecule has 1 heterocycles. The van der Waals surface area contributed by atoms with Crippen LogP contribution >= 0.6 is 0 Å². The molecule has 112 valence electrons. The maximum Gasteiger partial charge on any atom is 0.312 e. The molecule has 0 fully saturated rings. The minimum Gasteiger partial charge on any atom is -0.481 e. The lowest BCUT2D eigenvalue weighted by Gasteiger charge is -2.32. The van der Waals surface area contributed by atoms with E-state index in [1.54, 1.807) is 11.0 Å². The van der Waals surface area contributed by atoms with E-state index in [-0.39, 0.29) is 31.3 Å². The third-order valence-electron chi connectivity index (χ3n) is 3.56. The Kier molecular flexibility index (Phi) is 4.57. The number of carbonyl (C=O) groups excluding carboxylic acids is 2. The number of amides is 2. The van der Waals surface area contributed by atoms with Crippen LogP contribution in [-0.4, -0.2) is 40.9 Å². The van der Waals surface area contributed by atoms with E-state index < -0.39 is 11.9 Å². The van der Waals surface area contributed by atoms with Crippen molar-refractivity contribution in [2.75, 3.05) is 13.1 Å². The second-order valence-electron chi connectivity index (χ2n) is 5.10. The number of benzene rings is 1. The average Bonchev–Trinajstić information content (AvgIpc) is 2.45. The average molecular weight is 290 g/mol. The number of fused-ring (bicyclic) bond motifs is 1. The summed E-state index contributed by atoms with van der Waals surface area (Å²) in [5.74, 6) is -1.96. The van der Waals surface area contributed by atoms with Gasteiger partial charge < -0.3 is 15.3 Å². The number of carbonyl (C=O) groups is 3. The molecule has 21 heavy (non-hydrogen) atoms. The summed E-state index contributed by atoms with van der Waals surface area (Å²) in [6.07, 6.45) is 0.175. The van der Waals surface area contributed by atoms with Crippen LogP contribution < -0.4 is 5.32 Å². The Morgan fingerprint density at radius 1 is 1.33 bits per heavy atom. The zero-order valence-electron chi connectivity index (χ0n) is 11.8. The van der Waals surface area contributed by atoms with Crippen molar-refractivity contribution in [3.05, 3.63) is 35.4 Å². The summed E-state index contributed by atoms with van der Waals surface area (Å²) in [5, 5.41) is 11.9. The second kappa shape index (κ2) is 6.39. The smallest absolute Gasteiger partial charge is 0.312 e. The summed E-state index contributed by atoms with van der Waals surface area (Å²) in [6.45, 7) is 2.25. The van der Waals surface area contributed by atoms with Crippen molar-refractivity contribution in [1.82, 2.24) is 10.2 Å². The van der Waals surface area contributed by atoms with Crippen molar-refractivity contribution in [3.8, 4) is 0 Å². The Bertz CT molecular complexity index is 571. The molecule has 0 aliphatic carbocycles. The van der Waals surface area contributed by atoms with Gasteiger partial charge in [-0.15, -0.1) is 0 Å². The highest BCUT2D eigenvalue weighted by molar-refractivity contribution is 5.82. The van der Waals surface area contributed by atoms with Gasteiger partial charge in [0, 0.05) is 33.0 Å². The van der Waals surface area contributed by atoms with Crippen molar-refractivity contribution in [3.63, 3.8) is 0 Å². The molecule has 0 radical (unpaired) electrons. The van der Waals surface area contributed by atoms with Gasteiger partial charge in [-0.3, -0.25) is 14.4 Å². The molecule has 1 unspecified atom stereocenters. The zero-order valence-corrected chi connectivity index (χ0v) is 11.8. The van der Waals surface area contributed by atoms with Crippen molar-refractivity contribution in [2.24, 2.45) is 0 Å². The van der Waals surface area contributed by atoms with E-state index in [1.165, 1.54) is 6.92 Å². The number of hydrogen-bond acceptors (Lipinski definition) is 3. The van der Waals surface area contributed by atoms with Crippen LogP contribution in [0.25, 0.3) is 0 Å². The van der Waals surface area contributed by atoms with Crippen molar-refractivity contribution >= 4 is 17.8 Å². The molecular weight excluding hydrogens is 272 g/mol. The van der Waals surface area contributed by atoms with Gasteiger partial charge in [0.1, 0.15) is 0 Å². The molecule has 2 rings (SSSR count). The Morgan fingerprint density at radius 3 is 2.71 bits per heavy atom. The Labute approximate surface area is 122 Å². The van der Waals surface area contributed by atoms with E-state index in [9.17, 15) is 19.5 Å². The van der Waals surface area contributed by atoms with Crippen molar-refractivity contribution < 1.29 is 19.5 Å². The number of carboxylic acids is 1. The SMILES string of the molecule is CC(=O)NCCC(=O)N1Cc2ccccc2C(C(=O)O)C1. The fraction of sp³-hybridized carbons (Fsp3) is 0.400. The second-order valence-corrected chi connectivity index (χ2v) is 5.10. The first-order valence-electron chi connectivity index (χ1n) is 6.82. The van der Waals surface area contributed by atoms with E-state index in [0.29, 0.717) is 6.54 Å². The predicted octanol–water partition coefficient (Wildman–Crippen LogP) is 0.723. The van der Waals surface area contributed by atoms with Crippen molar-refractivity contribution in [1.29, 1.82) is 0 Å². The number of aliphatic carboxylic acids is 1. The van der Waals surface area contributed by atoms with E-state index in [4.69, 9.17) is 0 Å². The van der Waals surface area contributed by atoms with E-state index in [1.807, 2.05) is 18.2 Å². The molecule has 0 saturated heterocycles. The van der Waals surface area contributed by atoms with Crippen LogP contribution in [0.2, 0.25) is 0 Å². The van der Waals surface area contributed by atoms with Gasteiger partial charge in [-0.25, -0.2) is 0 Å². The number of rotatable bonds is 4. The van der Waals surface area contributed by atoms with Gasteiger partial charge in [-0.2, -0.15) is 0 Å². The predicted molar refractivity (Wildman–Crippen MR) is 75.5 cm³/mol. The fourth-order valence-electron chi connectivity index (χ4n) is 2.51. The minimum atomic E-state index is -0.929. The summed E-state index contributed by atoms with van der Waals surface area (Å²) in [7, 11) is 0. The molecular formula is C15H18N2O4. The van der Waals surface area contributed by atoms with Gasteiger partial charge in [-0.05, 0) is 11.1 Å². The lowest BCUT2D eigenvalue weighted by molar-refractivity contribution is -0.141. The summed E-state index contributed by atoms with van der Waals surface area (Å²) < 4.78 is 0. The Balaban J connectivity index is 2.08. The Morgan fingerprint density at radius 2 is 2.05 bits per heavy atom. The first-order chi connectivity index (χ1) is 9.99. The molecule has 6 heteroatoms. The molecule has 0 saturated carbocycles. The van der Waals surface area contributed by atoms with Gasteiger partial charge in [0.25, 0.3) is 0 Å². The summed E-state index contributed by atoms with van der Waals surface area (Å²) >= 11 is 0. The topological polar surface area (TPSA) is 86.7 Å². The number of nitrogens with one attached hydrogen (secondary N) is 1. The number of carboxylic acid groups (broad SMARTS) is 1. The molecule has 0 spiro atoms. The molecule has 2 N–H and O–H groups in total. The van der Waals surface area contributed by atoms with Crippen LogP contribution in [0.1, 0.15) is 30.4 Å². The molecule has 1 aromatic carbocycles. The van der Waals surface area contributed by atoms with Crippen LogP contribution in [0.15, 0.2) is 24.3 Å². The standard InChI is InChI=1S/C15H18N2O4/c1-10(18)16-7-6-14(19)17-8-11-4-2-3-5-12(11)13(9-17)15(20)21/h2-5,13H,6-9H2,1H3,(H,16,18)(H,20,21). The van der Waals surface area contributed by atoms with Crippen LogP contribution in [0.4, 0.5) is 0 Å². The molecule has 0 bridgehead atoms. The first-order valence-corrected chi connectivity index (χ1v) is 6.82. The monoisotopic (exact) mass is 290 g/mol. The van der Waals surface area contributed by atoms with Gasteiger partial charge >= 0.3 is 5.97 Å². The number of nitrogens with zero attached hydrogens (tertiary/aromatic N) is 1. The van der Waals surface area contributed by atoms with Gasteiger partial charge in [0.05, 0.1) is 5.92 Å². The maximum absolute atomic E-state index is 12.1. The molecule has 1 aliphatic rings. The third kappa shape index (κ3) is 3.59. The summed E-state index contributed by atoms with van der Waals surface area (Å²) in [6, 6.07) is 7.29. The quantitative estimate of drug-likeness (QED) is 0.855. The molecule has 0 aromatic heterocycles. The highest BCUT2D eigenvalue weighted by Gasteiger charge is 2.31. The summed E-state index contributed by atoms with van der Waals surface area (Å²) in [4.78, 5) is 35.9. The lowest BCUT2D eigenvalue weighted by atomic mass is 9.89. The highest BCUT2D eigenvalue weighted by atomic mass is 16.4. The third-order valence-corrected chi connectivity index (χ3v) is 3.56. The molecule has 1 aliphatic heterocycles. The fourth-order valence-corrected chi connectivity index (χ4v) is 2.51. The Hall–Kier alpha value is -2.37. The minimum absolute atomic E-state index is 0.149. The summed E-state index contributed by atoms with van der Waals surface area (Å²) in [5.41, 5.74) is 1.64. The first kappa shape index (κ1) is 15.0. The maximum atomic E-state index is 12.1. The van der Waals surface area contributed by atoms with Gasteiger partial charge in [-0.1, -0.05) is 24.3 Å². The highest BCUT2D eigenvalue weighted by Crippen LogP contribution is 2.28. The van der Waals surface area contributed by atoms with Gasteiger partial charge in [0.2, 0.25) is 11.8 Å². The van der Waals surface area contributed by atoms with Crippen LogP contribution in [0, 0.1) is 0 Å². The number of hydrogen-bond donors (Lipinski definition) is 2. The van der Waals surface area contributed by atoms with Crippen LogP contribution in [-0.2, 0) is 20.9 Å². The molecule has 2 amide bonds. The van der Waals surface area contributed by atoms with Gasteiger partial charge in [0.15, 0.2) is 0 Å². The zero-order chi connectivity index (χ0) is 15.4. The largest absolute Gasteiger partial charge is 0.481 e.